The summed E-state index contributed by atoms with van der Waals surface area (Å²) < 4.78 is 17.4. The summed E-state index contributed by atoms with van der Waals surface area (Å²) in [5.74, 6) is -1.46. The van der Waals surface area contributed by atoms with Crippen LogP contribution in [0.15, 0.2) is 12.2 Å². The third-order valence-electron chi connectivity index (χ3n) is 12.2. The summed E-state index contributed by atoms with van der Waals surface area (Å²) in [6, 6.07) is -0.612. The third-order valence-corrected chi connectivity index (χ3v) is 12.2. The first-order chi connectivity index (χ1) is 29.6. The minimum atomic E-state index is -0.872. The van der Waals surface area contributed by atoms with Gasteiger partial charge in [-0.1, -0.05) is 212 Å². The van der Waals surface area contributed by atoms with Crippen LogP contribution in [0.5, 0.6) is 0 Å². The lowest BCUT2D eigenvalue weighted by Crippen LogP contribution is -2.50. The number of aliphatic carboxylic acids is 1. The monoisotopic (exact) mass is 865 g/mol. The Labute approximate surface area is 378 Å². The number of carbonyl (C=O) groups excluding carboxylic acids is 2. The van der Waals surface area contributed by atoms with Crippen molar-refractivity contribution in [1.29, 1.82) is 0 Å². The Morgan fingerprint density at radius 3 is 1.18 bits per heavy atom. The van der Waals surface area contributed by atoms with Crippen molar-refractivity contribution in [3.63, 3.8) is 0 Å². The Hall–Kier alpha value is -1.93. The maximum absolute atomic E-state index is 12.8. The maximum Gasteiger partial charge on any atom is 0.362 e. The summed E-state index contributed by atoms with van der Waals surface area (Å²) in [6.45, 7) is 4.78. The van der Waals surface area contributed by atoms with E-state index in [0.717, 1.165) is 51.4 Å². The van der Waals surface area contributed by atoms with Gasteiger partial charge in [0.2, 0.25) is 0 Å². The molecule has 0 rings (SSSR count). The summed E-state index contributed by atoms with van der Waals surface area (Å²) in [6.07, 6.45) is 49.8. The molecule has 1 N–H and O–H groups in total. The largest absolute Gasteiger partial charge is 0.477 e. The van der Waals surface area contributed by atoms with Gasteiger partial charge in [0.05, 0.1) is 34.4 Å². The van der Waals surface area contributed by atoms with Crippen LogP contribution in [0.2, 0.25) is 0 Å². The van der Waals surface area contributed by atoms with E-state index in [9.17, 15) is 19.5 Å². The van der Waals surface area contributed by atoms with Crippen molar-refractivity contribution in [3.8, 4) is 0 Å². The van der Waals surface area contributed by atoms with Crippen LogP contribution in [0.4, 0.5) is 0 Å². The fourth-order valence-electron chi connectivity index (χ4n) is 8.09. The number of carboxylic acids is 1. The van der Waals surface area contributed by atoms with Gasteiger partial charge in [-0.25, -0.2) is 4.79 Å². The van der Waals surface area contributed by atoms with Crippen molar-refractivity contribution in [2.24, 2.45) is 0 Å². The molecule has 0 saturated carbocycles. The zero-order valence-electron chi connectivity index (χ0n) is 41.1. The molecule has 0 aliphatic heterocycles. The van der Waals surface area contributed by atoms with Gasteiger partial charge in [-0.05, 0) is 38.5 Å². The molecule has 2 unspecified atom stereocenters. The molecule has 2 atom stereocenters. The van der Waals surface area contributed by atoms with E-state index in [4.69, 9.17) is 14.2 Å². The molecular formula is C53H102NO7+. The molecule has 61 heavy (non-hydrogen) atoms. The first-order valence-corrected chi connectivity index (χ1v) is 26.2. The Kier molecular flexibility index (Phi) is 43.3. The highest BCUT2D eigenvalue weighted by Gasteiger charge is 2.31. The summed E-state index contributed by atoms with van der Waals surface area (Å²) >= 11 is 0. The standard InChI is InChI=1S/C53H101NO7/c1-6-8-10-12-14-16-18-20-22-24-25-26-27-28-30-31-33-35-37-39-41-43-51(55)60-48-49(47-59-46-45-50(53(57)58)54(3,4)5)61-52(56)44-42-40-38-36-34-32-29-23-21-19-17-15-13-11-9-7-2/h23,29,49-50H,6-22,24-28,30-48H2,1-5H3/p+1/b29-23-. The van der Waals surface area contributed by atoms with Crippen molar-refractivity contribution < 1.29 is 38.2 Å². The average Bonchev–Trinajstić information content (AvgIpc) is 3.22. The highest BCUT2D eigenvalue weighted by Crippen LogP contribution is 2.17. The van der Waals surface area contributed by atoms with Gasteiger partial charge in [0.25, 0.3) is 0 Å². The minimum absolute atomic E-state index is 0.0476. The molecule has 8 heteroatoms. The number of hydrogen-bond donors (Lipinski definition) is 1. The molecule has 0 aromatic rings. The van der Waals surface area contributed by atoms with E-state index in [-0.39, 0.29) is 36.2 Å². The van der Waals surface area contributed by atoms with Gasteiger partial charge in [0.1, 0.15) is 6.61 Å². The first kappa shape index (κ1) is 59.1. The van der Waals surface area contributed by atoms with Gasteiger partial charge in [0, 0.05) is 19.3 Å². The maximum atomic E-state index is 12.8. The molecule has 0 amide bonds. The van der Waals surface area contributed by atoms with E-state index in [1.807, 2.05) is 21.1 Å². The van der Waals surface area contributed by atoms with Crippen molar-refractivity contribution in [2.45, 2.75) is 270 Å². The van der Waals surface area contributed by atoms with Gasteiger partial charge in [0.15, 0.2) is 12.1 Å². The van der Waals surface area contributed by atoms with E-state index in [0.29, 0.717) is 19.3 Å². The number of unbranched alkanes of at least 4 members (excludes halogenated alkanes) is 32. The smallest absolute Gasteiger partial charge is 0.362 e. The van der Waals surface area contributed by atoms with Gasteiger partial charge in [-0.15, -0.1) is 0 Å². The van der Waals surface area contributed by atoms with Gasteiger partial charge < -0.3 is 23.8 Å². The second kappa shape index (κ2) is 44.7. The second-order valence-electron chi connectivity index (χ2n) is 19.1. The van der Waals surface area contributed by atoms with E-state index >= 15 is 0 Å². The topological polar surface area (TPSA) is 99.1 Å². The predicted octanol–water partition coefficient (Wildman–Crippen LogP) is 15.0. The Morgan fingerprint density at radius 1 is 0.475 bits per heavy atom. The third kappa shape index (κ3) is 43.1. The Morgan fingerprint density at radius 2 is 0.820 bits per heavy atom. The summed E-state index contributed by atoms with van der Waals surface area (Å²) in [5, 5.41) is 9.65. The summed E-state index contributed by atoms with van der Waals surface area (Å²) in [5.41, 5.74) is 0. The SMILES string of the molecule is CCCCCCCCC/C=C\CCCCCCCC(=O)OC(COCCC(C(=O)O)[N+](C)(C)C)COC(=O)CCCCCCCCCCCCCCCCCCCCCCC. The van der Waals surface area contributed by atoms with Gasteiger partial charge >= 0.3 is 17.9 Å². The number of carboxylic acid groups (broad SMARTS) is 1. The predicted molar refractivity (Wildman–Crippen MR) is 257 cm³/mol. The van der Waals surface area contributed by atoms with Gasteiger partial charge in [-0.2, -0.15) is 0 Å². The van der Waals surface area contributed by atoms with Gasteiger partial charge in [-0.3, -0.25) is 9.59 Å². The number of nitrogens with zero attached hydrogens (tertiary/aromatic N) is 1. The van der Waals surface area contributed by atoms with Crippen LogP contribution in [0.3, 0.4) is 0 Å². The molecule has 0 saturated heterocycles. The number of esters is 2. The first-order valence-electron chi connectivity index (χ1n) is 26.2. The fraction of sp³-hybridized carbons (Fsp3) is 0.906. The fourth-order valence-corrected chi connectivity index (χ4v) is 8.09. The quantitative estimate of drug-likeness (QED) is 0.0281. The lowest BCUT2D eigenvalue weighted by Gasteiger charge is -2.31. The van der Waals surface area contributed by atoms with Crippen molar-refractivity contribution in [3.05, 3.63) is 12.2 Å². The molecule has 360 valence electrons. The van der Waals surface area contributed by atoms with Crippen LogP contribution in [0.1, 0.15) is 258 Å². The molecule has 0 aromatic carbocycles. The van der Waals surface area contributed by atoms with Crippen LogP contribution in [-0.2, 0) is 28.6 Å². The van der Waals surface area contributed by atoms with E-state index in [1.165, 1.54) is 173 Å². The lowest BCUT2D eigenvalue weighted by atomic mass is 10.0. The minimum Gasteiger partial charge on any atom is -0.477 e. The number of hydrogen-bond acceptors (Lipinski definition) is 6. The molecule has 0 aliphatic carbocycles. The zero-order chi connectivity index (χ0) is 44.9. The zero-order valence-corrected chi connectivity index (χ0v) is 41.1. The average molecular weight is 865 g/mol. The lowest BCUT2D eigenvalue weighted by molar-refractivity contribution is -0.887. The van der Waals surface area contributed by atoms with Crippen molar-refractivity contribution in [2.75, 3.05) is 41.0 Å². The molecule has 8 nitrogen and oxygen atoms in total. The summed E-state index contributed by atoms with van der Waals surface area (Å²) in [7, 11) is 5.54. The Balaban J connectivity index is 4.18. The number of rotatable bonds is 48. The van der Waals surface area contributed by atoms with Crippen LogP contribution >= 0.6 is 0 Å². The molecule has 0 fully saturated rings. The van der Waals surface area contributed by atoms with Crippen LogP contribution in [-0.4, -0.2) is 80.6 Å². The number of ether oxygens (including phenoxy) is 3. The molecule has 0 heterocycles. The van der Waals surface area contributed by atoms with Crippen molar-refractivity contribution >= 4 is 17.9 Å². The van der Waals surface area contributed by atoms with E-state index in [1.54, 1.807) is 0 Å². The number of carbonyl (C=O) groups is 3. The normalized spacial score (nSPS) is 12.9. The summed E-state index contributed by atoms with van der Waals surface area (Å²) in [4.78, 5) is 37.1. The molecule has 0 aliphatic rings. The van der Waals surface area contributed by atoms with Crippen molar-refractivity contribution in [1.82, 2.24) is 0 Å². The van der Waals surface area contributed by atoms with Crippen LogP contribution < -0.4 is 0 Å². The van der Waals surface area contributed by atoms with E-state index < -0.39 is 18.1 Å². The second-order valence-corrected chi connectivity index (χ2v) is 19.1. The van der Waals surface area contributed by atoms with Crippen LogP contribution in [0, 0.1) is 0 Å². The number of quaternary nitrogens is 1. The number of likely N-dealkylation sites (N-methyl/N-ethyl adjacent to an activating group) is 1. The van der Waals surface area contributed by atoms with Crippen LogP contribution in [0.25, 0.3) is 0 Å². The number of allylic oxidation sites excluding steroid dienone is 2. The highest BCUT2D eigenvalue weighted by atomic mass is 16.6. The molecular weight excluding hydrogens is 763 g/mol. The van der Waals surface area contributed by atoms with E-state index in [2.05, 4.69) is 26.0 Å². The Bertz CT molecular complexity index is 1010. The highest BCUT2D eigenvalue weighted by molar-refractivity contribution is 5.72. The molecule has 0 radical (unpaired) electrons. The molecule has 0 spiro atoms. The molecule has 0 aromatic heterocycles. The molecule has 0 bridgehead atoms.